The molecule has 1 fully saturated rings. The number of ether oxygens (including phenoxy) is 1. The fraction of sp³-hybridized carbons (Fsp3) is 0.750. The van der Waals surface area contributed by atoms with Crippen molar-refractivity contribution in [2.45, 2.75) is 57.7 Å². The first-order valence-electron chi connectivity index (χ1n) is 5.72. The Morgan fingerprint density at radius 1 is 1.47 bits per heavy atom. The molecule has 0 aliphatic heterocycles. The van der Waals surface area contributed by atoms with E-state index in [1.165, 1.54) is 19.3 Å². The van der Waals surface area contributed by atoms with Crippen LogP contribution in [0.15, 0.2) is 12.2 Å². The Balaban J connectivity index is 2.44. The van der Waals surface area contributed by atoms with Crippen LogP contribution >= 0.6 is 0 Å². The minimum Gasteiger partial charge on any atom is -0.478 e. The van der Waals surface area contributed by atoms with E-state index in [0.29, 0.717) is 6.42 Å². The van der Waals surface area contributed by atoms with Gasteiger partial charge in [-0.2, -0.15) is 0 Å². The minimum atomic E-state index is -0.947. The SMILES string of the molecule is C=C(C(=O)O)C(CC)OC1CCCCC1. The molecule has 0 radical (unpaired) electrons. The molecule has 1 N–H and O–H groups in total. The van der Waals surface area contributed by atoms with Crippen molar-refractivity contribution in [2.75, 3.05) is 0 Å². The second kappa shape index (κ2) is 5.91. The quantitative estimate of drug-likeness (QED) is 0.713. The molecule has 1 rings (SSSR count). The number of hydrogen-bond donors (Lipinski definition) is 1. The van der Waals surface area contributed by atoms with Crippen LogP contribution in [0.5, 0.6) is 0 Å². The molecule has 3 heteroatoms. The van der Waals surface area contributed by atoms with Gasteiger partial charge in [0, 0.05) is 0 Å². The van der Waals surface area contributed by atoms with Crippen molar-refractivity contribution in [3.05, 3.63) is 12.2 Å². The Kier molecular flexibility index (Phi) is 4.82. The molecule has 0 saturated heterocycles. The van der Waals surface area contributed by atoms with Crippen molar-refractivity contribution in [1.82, 2.24) is 0 Å². The molecule has 1 unspecified atom stereocenters. The van der Waals surface area contributed by atoms with Gasteiger partial charge in [-0.05, 0) is 19.3 Å². The highest BCUT2D eigenvalue weighted by Crippen LogP contribution is 2.23. The molecule has 0 aromatic carbocycles. The summed E-state index contributed by atoms with van der Waals surface area (Å²) in [7, 11) is 0. The molecule has 3 nitrogen and oxygen atoms in total. The fourth-order valence-corrected chi connectivity index (χ4v) is 2.00. The van der Waals surface area contributed by atoms with E-state index in [1.54, 1.807) is 0 Å². The van der Waals surface area contributed by atoms with E-state index < -0.39 is 5.97 Å². The maximum absolute atomic E-state index is 10.8. The van der Waals surface area contributed by atoms with E-state index in [1.807, 2.05) is 6.92 Å². The van der Waals surface area contributed by atoms with Gasteiger partial charge in [0.05, 0.1) is 17.8 Å². The molecule has 1 atom stereocenters. The van der Waals surface area contributed by atoms with Crippen molar-refractivity contribution in [3.63, 3.8) is 0 Å². The van der Waals surface area contributed by atoms with Crippen LogP contribution in [0.1, 0.15) is 45.4 Å². The Labute approximate surface area is 91.1 Å². The summed E-state index contributed by atoms with van der Waals surface area (Å²) < 4.78 is 5.78. The molecule has 0 aromatic rings. The van der Waals surface area contributed by atoms with E-state index in [9.17, 15) is 4.79 Å². The first-order valence-corrected chi connectivity index (χ1v) is 5.72. The van der Waals surface area contributed by atoms with Crippen LogP contribution in [-0.2, 0) is 9.53 Å². The Hall–Kier alpha value is -0.830. The van der Waals surface area contributed by atoms with Crippen molar-refractivity contribution in [3.8, 4) is 0 Å². The highest BCUT2D eigenvalue weighted by atomic mass is 16.5. The zero-order chi connectivity index (χ0) is 11.3. The molecular weight excluding hydrogens is 192 g/mol. The summed E-state index contributed by atoms with van der Waals surface area (Å²) in [5.41, 5.74) is 0.183. The molecule has 15 heavy (non-hydrogen) atoms. The second-order valence-corrected chi connectivity index (χ2v) is 4.12. The molecule has 0 amide bonds. The van der Waals surface area contributed by atoms with E-state index in [-0.39, 0.29) is 17.8 Å². The summed E-state index contributed by atoms with van der Waals surface area (Å²) in [4.78, 5) is 10.8. The van der Waals surface area contributed by atoms with E-state index in [0.717, 1.165) is 12.8 Å². The lowest BCUT2D eigenvalue weighted by atomic mass is 9.97. The van der Waals surface area contributed by atoms with Gasteiger partial charge >= 0.3 is 5.97 Å². The maximum Gasteiger partial charge on any atom is 0.333 e. The summed E-state index contributed by atoms with van der Waals surface area (Å²) in [5, 5.41) is 8.83. The summed E-state index contributed by atoms with van der Waals surface area (Å²) in [6, 6.07) is 0. The third kappa shape index (κ3) is 3.67. The van der Waals surface area contributed by atoms with E-state index in [4.69, 9.17) is 9.84 Å². The number of hydrogen-bond acceptors (Lipinski definition) is 2. The maximum atomic E-state index is 10.8. The van der Waals surface area contributed by atoms with Gasteiger partial charge in [0.15, 0.2) is 0 Å². The standard InChI is InChI=1S/C12H20O3/c1-3-11(9(2)12(13)14)15-10-7-5-4-6-8-10/h10-11H,2-8H2,1H3,(H,13,14). The normalized spacial score (nSPS) is 19.8. The molecule has 1 aliphatic carbocycles. The highest BCUT2D eigenvalue weighted by Gasteiger charge is 2.22. The first kappa shape index (κ1) is 12.2. The average Bonchev–Trinajstić information content (AvgIpc) is 2.26. The number of carbonyl (C=O) groups is 1. The Morgan fingerprint density at radius 2 is 2.07 bits per heavy atom. The van der Waals surface area contributed by atoms with E-state index in [2.05, 4.69) is 6.58 Å². The average molecular weight is 212 g/mol. The van der Waals surface area contributed by atoms with Gasteiger partial charge in [0.2, 0.25) is 0 Å². The molecule has 86 valence electrons. The lowest BCUT2D eigenvalue weighted by Gasteiger charge is -2.27. The molecule has 0 heterocycles. The molecule has 1 saturated carbocycles. The first-order chi connectivity index (χ1) is 7.15. The van der Waals surface area contributed by atoms with Crippen molar-refractivity contribution < 1.29 is 14.6 Å². The number of aliphatic carboxylic acids is 1. The minimum absolute atomic E-state index is 0.183. The second-order valence-electron chi connectivity index (χ2n) is 4.12. The predicted molar refractivity (Wildman–Crippen MR) is 58.8 cm³/mol. The summed E-state index contributed by atoms with van der Waals surface area (Å²) in [6.45, 7) is 5.50. The van der Waals surface area contributed by atoms with Crippen LogP contribution in [0.2, 0.25) is 0 Å². The number of rotatable bonds is 5. The van der Waals surface area contributed by atoms with Crippen LogP contribution < -0.4 is 0 Å². The van der Waals surface area contributed by atoms with Crippen LogP contribution in [0, 0.1) is 0 Å². The van der Waals surface area contributed by atoms with Crippen molar-refractivity contribution in [1.29, 1.82) is 0 Å². The van der Waals surface area contributed by atoms with Crippen LogP contribution in [0.25, 0.3) is 0 Å². The van der Waals surface area contributed by atoms with Crippen molar-refractivity contribution in [2.24, 2.45) is 0 Å². The zero-order valence-corrected chi connectivity index (χ0v) is 9.37. The van der Waals surface area contributed by atoms with E-state index >= 15 is 0 Å². The molecular formula is C12H20O3. The summed E-state index contributed by atoms with van der Waals surface area (Å²) in [6.07, 6.45) is 6.39. The van der Waals surface area contributed by atoms with Crippen LogP contribution in [0.3, 0.4) is 0 Å². The summed E-state index contributed by atoms with van der Waals surface area (Å²) >= 11 is 0. The topological polar surface area (TPSA) is 46.5 Å². The van der Waals surface area contributed by atoms with Gasteiger partial charge in [0.25, 0.3) is 0 Å². The molecule has 0 aromatic heterocycles. The predicted octanol–water partition coefficient (Wildman–Crippen LogP) is 2.76. The smallest absolute Gasteiger partial charge is 0.333 e. The fourth-order valence-electron chi connectivity index (χ4n) is 2.00. The van der Waals surface area contributed by atoms with Gasteiger partial charge in [0.1, 0.15) is 0 Å². The van der Waals surface area contributed by atoms with Gasteiger partial charge < -0.3 is 9.84 Å². The zero-order valence-electron chi connectivity index (χ0n) is 9.37. The Bertz CT molecular complexity index is 229. The van der Waals surface area contributed by atoms with Gasteiger partial charge in [-0.1, -0.05) is 32.8 Å². The molecule has 0 bridgehead atoms. The van der Waals surface area contributed by atoms with Gasteiger partial charge in [-0.3, -0.25) is 0 Å². The monoisotopic (exact) mass is 212 g/mol. The lowest BCUT2D eigenvalue weighted by Crippen LogP contribution is -2.27. The molecule has 1 aliphatic rings. The highest BCUT2D eigenvalue weighted by molar-refractivity contribution is 5.86. The number of carboxylic acid groups (broad SMARTS) is 1. The van der Waals surface area contributed by atoms with Gasteiger partial charge in [-0.15, -0.1) is 0 Å². The van der Waals surface area contributed by atoms with Crippen LogP contribution in [-0.4, -0.2) is 23.3 Å². The van der Waals surface area contributed by atoms with Gasteiger partial charge in [-0.25, -0.2) is 4.79 Å². The molecule has 0 spiro atoms. The lowest BCUT2D eigenvalue weighted by molar-refractivity contribution is -0.135. The third-order valence-electron chi connectivity index (χ3n) is 2.94. The third-order valence-corrected chi connectivity index (χ3v) is 2.94. The largest absolute Gasteiger partial charge is 0.478 e. The van der Waals surface area contributed by atoms with Crippen LogP contribution in [0.4, 0.5) is 0 Å². The number of carboxylic acids is 1. The Morgan fingerprint density at radius 3 is 2.53 bits per heavy atom. The van der Waals surface area contributed by atoms with Crippen molar-refractivity contribution >= 4 is 5.97 Å². The summed E-state index contributed by atoms with van der Waals surface area (Å²) in [5.74, 6) is -0.947.